The fraction of sp³-hybridized carbons (Fsp3) is 0.182. The van der Waals surface area contributed by atoms with Gasteiger partial charge < -0.3 is 0 Å². The molecule has 0 aromatic heterocycles. The zero-order valence-electron chi connectivity index (χ0n) is 8.38. The predicted molar refractivity (Wildman–Crippen MR) is 50.9 cm³/mol. The van der Waals surface area contributed by atoms with Crippen LogP contribution in [0.4, 0.5) is 13.2 Å². The van der Waals surface area contributed by atoms with Gasteiger partial charge in [0.1, 0.15) is 6.07 Å². The molecule has 6 heteroatoms. The van der Waals surface area contributed by atoms with Crippen molar-refractivity contribution in [2.24, 2.45) is 0 Å². The first-order valence-electron chi connectivity index (χ1n) is 4.41. The van der Waals surface area contributed by atoms with E-state index in [1.165, 1.54) is 6.07 Å². The van der Waals surface area contributed by atoms with E-state index in [1.54, 1.807) is 6.07 Å². The lowest BCUT2D eigenvalue weighted by Crippen LogP contribution is -2.11. The maximum Gasteiger partial charge on any atom is 0.417 e. The van der Waals surface area contributed by atoms with E-state index in [1.807, 2.05) is 0 Å². The smallest absolute Gasteiger partial charge is 0.298 e. The highest BCUT2D eigenvalue weighted by molar-refractivity contribution is 5.82. The highest BCUT2D eigenvalue weighted by Gasteiger charge is 2.35. The Bertz CT molecular complexity index is 535. The minimum atomic E-state index is -4.70. The summed E-state index contributed by atoms with van der Waals surface area (Å²) in [5.74, 6) is 0. The van der Waals surface area contributed by atoms with Gasteiger partial charge in [0.2, 0.25) is 0 Å². The van der Waals surface area contributed by atoms with E-state index in [9.17, 15) is 18.0 Å². The molecule has 1 aromatic carbocycles. The second-order valence-electron chi connectivity index (χ2n) is 3.12. The lowest BCUT2D eigenvalue weighted by Gasteiger charge is -2.11. The highest BCUT2D eigenvalue weighted by atomic mass is 19.4. The van der Waals surface area contributed by atoms with E-state index in [0.717, 1.165) is 6.07 Å². The van der Waals surface area contributed by atoms with Crippen LogP contribution in [0.15, 0.2) is 12.1 Å². The van der Waals surface area contributed by atoms with Gasteiger partial charge in [0.05, 0.1) is 23.6 Å². The summed E-state index contributed by atoms with van der Waals surface area (Å²) in [5, 5.41) is 17.2. The molecule has 0 aliphatic rings. The van der Waals surface area contributed by atoms with Crippen molar-refractivity contribution in [2.75, 3.05) is 0 Å². The molecule has 3 nitrogen and oxygen atoms in total. The summed E-state index contributed by atoms with van der Waals surface area (Å²) in [6, 6.07) is 4.82. The third kappa shape index (κ3) is 2.43. The number of benzene rings is 1. The van der Waals surface area contributed by atoms with Crippen LogP contribution in [0.1, 0.15) is 27.0 Å². The minimum absolute atomic E-state index is 0.118. The number of nitrogens with zero attached hydrogens (tertiary/aromatic N) is 2. The van der Waals surface area contributed by atoms with Crippen LogP contribution in [0.3, 0.4) is 0 Å². The quantitative estimate of drug-likeness (QED) is 0.743. The largest absolute Gasteiger partial charge is 0.417 e. The third-order valence-corrected chi connectivity index (χ3v) is 2.14. The number of carbonyl (C=O) groups excluding carboxylic acids is 1. The van der Waals surface area contributed by atoms with E-state index in [0.29, 0.717) is 6.07 Å². The van der Waals surface area contributed by atoms with Crippen LogP contribution in [-0.4, -0.2) is 6.29 Å². The van der Waals surface area contributed by atoms with Crippen LogP contribution in [-0.2, 0) is 12.6 Å². The Morgan fingerprint density at radius 1 is 1.29 bits per heavy atom. The van der Waals surface area contributed by atoms with Gasteiger partial charge in [-0.05, 0) is 11.6 Å². The van der Waals surface area contributed by atoms with E-state index in [4.69, 9.17) is 10.5 Å². The van der Waals surface area contributed by atoms with E-state index < -0.39 is 17.3 Å². The Labute approximate surface area is 94.7 Å². The SMILES string of the molecule is N#CCc1ccc(C(F)(F)F)c(C#N)c1C=O. The van der Waals surface area contributed by atoms with Crippen molar-refractivity contribution in [3.05, 3.63) is 34.4 Å². The van der Waals surface area contributed by atoms with E-state index in [-0.39, 0.29) is 23.8 Å². The number of rotatable bonds is 2. The lowest BCUT2D eigenvalue weighted by molar-refractivity contribution is -0.137. The first-order chi connectivity index (χ1) is 7.95. The molecule has 0 heterocycles. The van der Waals surface area contributed by atoms with Crippen molar-refractivity contribution in [1.29, 1.82) is 10.5 Å². The maximum absolute atomic E-state index is 12.5. The Morgan fingerprint density at radius 3 is 2.35 bits per heavy atom. The molecule has 0 unspecified atom stereocenters. The Hall–Kier alpha value is -2.34. The molecule has 0 atom stereocenters. The molecular formula is C11H5F3N2O. The number of hydrogen-bond acceptors (Lipinski definition) is 3. The predicted octanol–water partition coefficient (Wildman–Crippen LogP) is 2.46. The lowest BCUT2D eigenvalue weighted by atomic mass is 9.95. The average Bonchev–Trinajstić information content (AvgIpc) is 2.27. The maximum atomic E-state index is 12.5. The summed E-state index contributed by atoms with van der Waals surface area (Å²) >= 11 is 0. The van der Waals surface area contributed by atoms with Crippen LogP contribution < -0.4 is 0 Å². The normalized spacial score (nSPS) is 10.4. The number of hydrogen-bond donors (Lipinski definition) is 0. The molecule has 0 saturated heterocycles. The van der Waals surface area contributed by atoms with Crippen LogP contribution in [0.2, 0.25) is 0 Å². The first-order valence-corrected chi connectivity index (χ1v) is 4.41. The van der Waals surface area contributed by atoms with Crippen molar-refractivity contribution >= 4 is 6.29 Å². The summed E-state index contributed by atoms with van der Waals surface area (Å²) in [6.45, 7) is 0. The van der Waals surface area contributed by atoms with Gasteiger partial charge in [0.15, 0.2) is 6.29 Å². The number of nitriles is 2. The van der Waals surface area contributed by atoms with Crippen molar-refractivity contribution < 1.29 is 18.0 Å². The molecule has 0 spiro atoms. The first kappa shape index (κ1) is 12.7. The molecule has 0 saturated carbocycles. The van der Waals surface area contributed by atoms with Crippen molar-refractivity contribution in [3.8, 4) is 12.1 Å². The van der Waals surface area contributed by atoms with Gasteiger partial charge in [-0.3, -0.25) is 4.79 Å². The summed E-state index contributed by atoms with van der Waals surface area (Å²) in [5.41, 5.74) is -2.15. The molecule has 0 radical (unpaired) electrons. The van der Waals surface area contributed by atoms with E-state index in [2.05, 4.69) is 0 Å². The van der Waals surface area contributed by atoms with Gasteiger partial charge in [-0.15, -0.1) is 0 Å². The summed E-state index contributed by atoms with van der Waals surface area (Å²) in [6.07, 6.45) is -4.75. The second kappa shape index (κ2) is 4.67. The van der Waals surface area contributed by atoms with Crippen molar-refractivity contribution in [1.82, 2.24) is 0 Å². The van der Waals surface area contributed by atoms with Crippen molar-refractivity contribution in [2.45, 2.75) is 12.6 Å². The molecule has 0 aliphatic heterocycles. The van der Waals surface area contributed by atoms with Crippen LogP contribution in [0.25, 0.3) is 0 Å². The summed E-state index contributed by atoms with van der Waals surface area (Å²) in [7, 11) is 0. The van der Waals surface area contributed by atoms with Crippen LogP contribution in [0.5, 0.6) is 0 Å². The van der Waals surface area contributed by atoms with Gasteiger partial charge in [-0.2, -0.15) is 23.7 Å². The Kier molecular flexibility index (Phi) is 3.49. The number of carbonyl (C=O) groups is 1. The van der Waals surface area contributed by atoms with Crippen molar-refractivity contribution in [3.63, 3.8) is 0 Å². The van der Waals surface area contributed by atoms with Gasteiger partial charge in [0, 0.05) is 5.56 Å². The molecule has 86 valence electrons. The number of aldehydes is 1. The summed E-state index contributed by atoms with van der Waals surface area (Å²) in [4.78, 5) is 10.7. The fourth-order valence-corrected chi connectivity index (χ4v) is 1.39. The number of halogens is 3. The molecule has 1 aromatic rings. The van der Waals surface area contributed by atoms with Crippen LogP contribution in [0, 0.1) is 22.7 Å². The molecular weight excluding hydrogens is 233 g/mol. The van der Waals surface area contributed by atoms with Gasteiger partial charge in [0.25, 0.3) is 0 Å². The topological polar surface area (TPSA) is 64.7 Å². The molecule has 0 amide bonds. The standard InChI is InChI=1S/C11H5F3N2O/c12-11(13,14)10-2-1-7(3-4-15)9(6-17)8(10)5-16/h1-2,6H,3H2. The molecule has 0 aliphatic carbocycles. The Morgan fingerprint density at radius 2 is 1.94 bits per heavy atom. The molecule has 1 rings (SSSR count). The van der Waals surface area contributed by atoms with E-state index >= 15 is 0 Å². The Balaban J connectivity index is 3.57. The zero-order chi connectivity index (χ0) is 13.1. The average molecular weight is 238 g/mol. The van der Waals surface area contributed by atoms with Gasteiger partial charge in [-0.1, -0.05) is 6.07 Å². The van der Waals surface area contributed by atoms with Gasteiger partial charge >= 0.3 is 6.18 Å². The molecule has 0 bridgehead atoms. The fourth-order valence-electron chi connectivity index (χ4n) is 1.39. The zero-order valence-corrected chi connectivity index (χ0v) is 8.38. The summed E-state index contributed by atoms with van der Waals surface area (Å²) < 4.78 is 37.6. The highest BCUT2D eigenvalue weighted by Crippen LogP contribution is 2.33. The number of alkyl halides is 3. The second-order valence-corrected chi connectivity index (χ2v) is 3.12. The third-order valence-electron chi connectivity index (χ3n) is 2.14. The van der Waals surface area contributed by atoms with Crippen LogP contribution >= 0.6 is 0 Å². The van der Waals surface area contributed by atoms with Gasteiger partial charge in [-0.25, -0.2) is 0 Å². The minimum Gasteiger partial charge on any atom is -0.298 e. The molecule has 0 fully saturated rings. The molecule has 0 N–H and O–H groups in total. The molecule has 17 heavy (non-hydrogen) atoms. The monoisotopic (exact) mass is 238 g/mol.